The lowest BCUT2D eigenvalue weighted by Gasteiger charge is -2.35. The third-order valence-corrected chi connectivity index (χ3v) is 7.75. The highest BCUT2D eigenvalue weighted by Gasteiger charge is 2.39. The molecule has 2 aromatic rings. The van der Waals surface area contributed by atoms with Gasteiger partial charge in [0.15, 0.2) is 0 Å². The molecule has 1 saturated heterocycles. The van der Waals surface area contributed by atoms with Gasteiger partial charge in [-0.15, -0.1) is 0 Å². The predicted octanol–water partition coefficient (Wildman–Crippen LogP) is 4.70. The fourth-order valence-electron chi connectivity index (χ4n) is 5.75. The van der Waals surface area contributed by atoms with Crippen LogP contribution in [0.5, 0.6) is 0 Å². The molecule has 4 rings (SSSR count). The van der Waals surface area contributed by atoms with E-state index in [0.717, 1.165) is 61.8 Å². The number of amides is 2. The van der Waals surface area contributed by atoms with Gasteiger partial charge >= 0.3 is 0 Å². The molecule has 2 unspecified atom stereocenters. The minimum atomic E-state index is -0.463. The van der Waals surface area contributed by atoms with E-state index >= 15 is 0 Å². The minimum absolute atomic E-state index is 0.00873. The minimum Gasteiger partial charge on any atom is -0.343 e. The first kappa shape index (κ1) is 25.4. The molecule has 188 valence electrons. The molecule has 1 saturated carbocycles. The zero-order valence-electron chi connectivity index (χ0n) is 21.6. The molecule has 2 amide bonds. The number of hydrogen-bond donors (Lipinski definition) is 2. The molecule has 2 N–H and O–H groups in total. The summed E-state index contributed by atoms with van der Waals surface area (Å²) in [5.74, 6) is 0.156. The van der Waals surface area contributed by atoms with Crippen molar-refractivity contribution >= 4 is 11.8 Å². The van der Waals surface area contributed by atoms with Crippen molar-refractivity contribution < 1.29 is 9.59 Å². The summed E-state index contributed by atoms with van der Waals surface area (Å²) in [4.78, 5) is 33.4. The van der Waals surface area contributed by atoms with Crippen LogP contribution in [0.15, 0.2) is 36.7 Å². The summed E-state index contributed by atoms with van der Waals surface area (Å²) in [5, 5.41) is 6.13. The van der Waals surface area contributed by atoms with Gasteiger partial charge in [-0.2, -0.15) is 0 Å². The summed E-state index contributed by atoms with van der Waals surface area (Å²) in [6, 6.07) is 7.93. The average molecular weight is 477 g/mol. The lowest BCUT2D eigenvalue weighted by atomic mass is 9.83. The van der Waals surface area contributed by atoms with Gasteiger partial charge in [0.25, 0.3) is 0 Å². The zero-order chi connectivity index (χ0) is 24.9. The number of carbonyl (C=O) groups excluding carboxylic acids is 2. The van der Waals surface area contributed by atoms with Gasteiger partial charge in [-0.1, -0.05) is 48.6 Å². The van der Waals surface area contributed by atoms with Crippen LogP contribution in [0.25, 0.3) is 11.1 Å². The van der Waals surface area contributed by atoms with E-state index in [-0.39, 0.29) is 29.8 Å². The summed E-state index contributed by atoms with van der Waals surface area (Å²) < 4.78 is 0. The molecule has 1 aliphatic heterocycles. The van der Waals surface area contributed by atoms with Crippen LogP contribution in [0.4, 0.5) is 0 Å². The second-order valence-corrected chi connectivity index (χ2v) is 10.5. The molecular formula is C29H40N4O2. The number of aromatic nitrogens is 1. The van der Waals surface area contributed by atoms with Gasteiger partial charge < -0.3 is 15.5 Å². The van der Waals surface area contributed by atoms with E-state index in [1.54, 1.807) is 7.05 Å². The fraction of sp³-hybridized carbons (Fsp3) is 0.552. The van der Waals surface area contributed by atoms with Crippen LogP contribution in [0, 0.1) is 19.8 Å². The van der Waals surface area contributed by atoms with Gasteiger partial charge in [0.2, 0.25) is 11.8 Å². The highest BCUT2D eigenvalue weighted by atomic mass is 16.2. The first-order valence-corrected chi connectivity index (χ1v) is 13.2. The second kappa shape index (κ2) is 11.3. The van der Waals surface area contributed by atoms with Crippen LogP contribution in [-0.4, -0.2) is 47.4 Å². The number of likely N-dealkylation sites (tertiary alicyclic amines) is 1. The highest BCUT2D eigenvalue weighted by molar-refractivity contribution is 5.90. The van der Waals surface area contributed by atoms with Crippen LogP contribution in [0.2, 0.25) is 0 Å². The Hall–Kier alpha value is -2.73. The Labute approximate surface area is 209 Å². The van der Waals surface area contributed by atoms with E-state index in [9.17, 15) is 9.59 Å². The van der Waals surface area contributed by atoms with Gasteiger partial charge in [0, 0.05) is 24.5 Å². The Morgan fingerprint density at radius 1 is 0.943 bits per heavy atom. The molecule has 0 radical (unpaired) electrons. The van der Waals surface area contributed by atoms with E-state index in [1.165, 1.54) is 17.5 Å². The Morgan fingerprint density at radius 2 is 1.66 bits per heavy atom. The molecule has 1 aromatic carbocycles. The third kappa shape index (κ3) is 5.92. The van der Waals surface area contributed by atoms with Crippen LogP contribution in [-0.2, 0) is 9.59 Å². The summed E-state index contributed by atoms with van der Waals surface area (Å²) in [7, 11) is 1.77. The third-order valence-electron chi connectivity index (χ3n) is 7.75. The van der Waals surface area contributed by atoms with Gasteiger partial charge in [-0.05, 0) is 76.6 Å². The van der Waals surface area contributed by atoms with Crippen molar-refractivity contribution in [2.75, 3.05) is 13.6 Å². The van der Waals surface area contributed by atoms with Crippen LogP contribution in [0.3, 0.4) is 0 Å². The van der Waals surface area contributed by atoms with E-state index in [4.69, 9.17) is 0 Å². The number of nitrogens with zero attached hydrogens (tertiary/aromatic N) is 2. The number of hydrogen-bond acceptors (Lipinski definition) is 4. The number of carbonyl (C=O) groups is 2. The fourth-order valence-corrected chi connectivity index (χ4v) is 5.75. The first-order valence-electron chi connectivity index (χ1n) is 13.2. The second-order valence-electron chi connectivity index (χ2n) is 10.5. The van der Waals surface area contributed by atoms with Gasteiger partial charge in [0.1, 0.15) is 6.04 Å². The first-order chi connectivity index (χ1) is 16.9. The maximum atomic E-state index is 14.0. The zero-order valence-corrected chi connectivity index (χ0v) is 21.6. The van der Waals surface area contributed by atoms with Gasteiger partial charge in [-0.25, -0.2) is 0 Å². The normalized spacial score (nSPS) is 20.5. The lowest BCUT2D eigenvalue weighted by molar-refractivity contribution is -0.139. The molecule has 2 heterocycles. The summed E-state index contributed by atoms with van der Waals surface area (Å²) in [6.07, 6.45) is 11.1. The van der Waals surface area contributed by atoms with Gasteiger partial charge in [-0.3, -0.25) is 14.6 Å². The number of nitrogens with one attached hydrogen (secondary N) is 2. The van der Waals surface area contributed by atoms with Crippen LogP contribution >= 0.6 is 0 Å². The summed E-state index contributed by atoms with van der Waals surface area (Å²) in [5.41, 5.74) is 5.76. The summed E-state index contributed by atoms with van der Waals surface area (Å²) in [6.45, 7) is 6.78. The van der Waals surface area contributed by atoms with Crippen molar-refractivity contribution in [2.24, 2.45) is 5.92 Å². The number of pyridine rings is 1. The predicted molar refractivity (Wildman–Crippen MR) is 140 cm³/mol. The van der Waals surface area contributed by atoms with E-state index in [0.29, 0.717) is 0 Å². The largest absolute Gasteiger partial charge is 0.343 e. The van der Waals surface area contributed by atoms with Crippen LogP contribution in [0.1, 0.15) is 74.6 Å². The molecule has 0 spiro atoms. The highest BCUT2D eigenvalue weighted by Crippen LogP contribution is 2.36. The SMILES string of the molecule is CNC(C)C(=O)N[C@H](C(=O)N1CCCC1c1cncc(-c2cc(C)cc(C)c2)c1)C1CCCCC1. The monoisotopic (exact) mass is 476 g/mol. The molecule has 6 heteroatoms. The number of benzene rings is 1. The maximum Gasteiger partial charge on any atom is 0.245 e. The standard InChI is InChI=1S/C29H40N4O2/c1-19-13-20(2)15-23(14-19)24-16-25(18-31-17-24)26-11-8-12-33(26)29(35)27(22-9-6-5-7-10-22)32-28(34)21(3)30-4/h13-18,21-22,26-27,30H,5-12H2,1-4H3,(H,32,34)/t21?,26?,27-/m0/s1. The Bertz CT molecular complexity index is 1030. The van der Waals surface area contributed by atoms with E-state index in [1.807, 2.05) is 24.2 Å². The molecule has 2 aliphatic rings. The van der Waals surface area contributed by atoms with Crippen molar-refractivity contribution in [1.82, 2.24) is 20.5 Å². The van der Waals surface area contributed by atoms with Crippen molar-refractivity contribution in [3.63, 3.8) is 0 Å². The Morgan fingerprint density at radius 3 is 2.34 bits per heavy atom. The molecular weight excluding hydrogens is 436 g/mol. The lowest BCUT2D eigenvalue weighted by Crippen LogP contribution is -2.55. The Balaban J connectivity index is 1.59. The van der Waals surface area contributed by atoms with E-state index < -0.39 is 6.04 Å². The number of aryl methyl sites for hydroxylation is 2. The molecule has 35 heavy (non-hydrogen) atoms. The quantitative estimate of drug-likeness (QED) is 0.607. The molecule has 0 bridgehead atoms. The van der Waals surface area contributed by atoms with Crippen molar-refractivity contribution in [1.29, 1.82) is 0 Å². The van der Waals surface area contributed by atoms with E-state index in [2.05, 4.69) is 53.7 Å². The molecule has 1 aromatic heterocycles. The maximum absolute atomic E-state index is 14.0. The Kier molecular flexibility index (Phi) is 8.22. The average Bonchev–Trinajstić information content (AvgIpc) is 3.36. The van der Waals surface area contributed by atoms with Crippen molar-refractivity contribution in [2.45, 2.75) is 83.8 Å². The smallest absolute Gasteiger partial charge is 0.245 e. The molecule has 2 fully saturated rings. The molecule has 3 atom stereocenters. The topological polar surface area (TPSA) is 74.3 Å². The molecule has 6 nitrogen and oxygen atoms in total. The number of likely N-dealkylation sites (N-methyl/N-ethyl adjacent to an activating group) is 1. The van der Waals surface area contributed by atoms with Crippen LogP contribution < -0.4 is 10.6 Å². The van der Waals surface area contributed by atoms with Gasteiger partial charge in [0.05, 0.1) is 12.1 Å². The molecule has 1 aliphatic carbocycles. The number of rotatable bonds is 7. The van der Waals surface area contributed by atoms with Crippen molar-refractivity contribution in [3.05, 3.63) is 53.3 Å². The summed E-state index contributed by atoms with van der Waals surface area (Å²) >= 11 is 0. The van der Waals surface area contributed by atoms with Crippen molar-refractivity contribution in [3.8, 4) is 11.1 Å².